The Morgan fingerprint density at radius 2 is 2.11 bits per heavy atom. The van der Waals surface area contributed by atoms with Gasteiger partial charge in [-0.2, -0.15) is 0 Å². The van der Waals surface area contributed by atoms with E-state index in [0.29, 0.717) is 45.2 Å². The van der Waals surface area contributed by atoms with E-state index in [1.807, 2.05) is 29.2 Å². The number of imidazole rings is 1. The van der Waals surface area contributed by atoms with Gasteiger partial charge >= 0.3 is 0 Å². The van der Waals surface area contributed by atoms with Gasteiger partial charge in [0, 0.05) is 32.4 Å². The summed E-state index contributed by atoms with van der Waals surface area (Å²) in [4.78, 5) is 22.2. The van der Waals surface area contributed by atoms with Crippen LogP contribution in [0.3, 0.4) is 0 Å². The Morgan fingerprint density at radius 1 is 1.37 bits per heavy atom. The maximum Gasteiger partial charge on any atom is 0.223 e. The van der Waals surface area contributed by atoms with E-state index < -0.39 is 17.3 Å². The predicted octanol–water partition coefficient (Wildman–Crippen LogP) is 1.39. The number of para-hydroxylation sites is 2. The molecule has 3 N–H and O–H groups in total. The van der Waals surface area contributed by atoms with Crippen LogP contribution in [0, 0.1) is 0 Å². The number of aliphatic hydroxyl groups excluding tert-OH is 1. The first-order valence-electron chi connectivity index (χ1n) is 9.63. The molecule has 0 saturated carbocycles. The topological polar surface area (TPSA) is 98.7 Å². The number of aromatic amines is 1. The van der Waals surface area contributed by atoms with Crippen LogP contribution in [0.5, 0.6) is 0 Å². The number of likely N-dealkylation sites (tertiary alicyclic amines) is 1. The van der Waals surface area contributed by atoms with Crippen LogP contribution >= 0.6 is 0 Å². The number of nitrogens with one attached hydrogen (secondary N) is 1. The number of amides is 1. The molecule has 2 saturated heterocycles. The Bertz CT molecular complexity index is 790. The molecular weight excluding hydrogens is 346 g/mol. The number of aromatic nitrogens is 2. The monoisotopic (exact) mass is 373 g/mol. The number of ether oxygens (including phenoxy) is 1. The number of piperidine rings is 1. The Balaban J connectivity index is 1.31. The number of carbonyl (C=O) groups is 1. The van der Waals surface area contributed by atoms with Crippen molar-refractivity contribution in [1.29, 1.82) is 0 Å². The highest BCUT2D eigenvalue weighted by Gasteiger charge is 2.48. The van der Waals surface area contributed by atoms with Crippen LogP contribution in [0.2, 0.25) is 0 Å². The number of hydrogen-bond donors (Lipinski definition) is 3. The number of fused-ring (bicyclic) bond motifs is 1. The average Bonchev–Trinajstić information content (AvgIpc) is 3.06. The number of hydrogen-bond acceptors (Lipinski definition) is 5. The molecule has 1 aromatic heterocycles. The van der Waals surface area contributed by atoms with E-state index in [1.54, 1.807) is 6.92 Å². The van der Waals surface area contributed by atoms with Crippen LogP contribution in [-0.2, 0) is 16.0 Å². The lowest BCUT2D eigenvalue weighted by Gasteiger charge is -2.49. The Hall–Kier alpha value is -1.96. The summed E-state index contributed by atoms with van der Waals surface area (Å²) in [6.07, 6.45) is 1.93. The highest BCUT2D eigenvalue weighted by molar-refractivity contribution is 5.77. The number of carbonyl (C=O) groups excluding carboxylic acids is 1. The van der Waals surface area contributed by atoms with E-state index in [4.69, 9.17) is 4.74 Å². The molecule has 27 heavy (non-hydrogen) atoms. The molecule has 1 spiro atoms. The predicted molar refractivity (Wildman–Crippen MR) is 100 cm³/mol. The maximum atomic E-state index is 12.6. The second kappa shape index (κ2) is 6.89. The molecule has 2 aliphatic rings. The highest BCUT2D eigenvalue weighted by Crippen LogP contribution is 2.39. The fraction of sp³-hybridized carbons (Fsp3) is 0.600. The van der Waals surface area contributed by atoms with Gasteiger partial charge in [-0.1, -0.05) is 12.1 Å². The van der Waals surface area contributed by atoms with Crippen molar-refractivity contribution in [1.82, 2.24) is 14.9 Å². The van der Waals surface area contributed by atoms with Gasteiger partial charge in [0.15, 0.2) is 0 Å². The van der Waals surface area contributed by atoms with Crippen molar-refractivity contribution < 1.29 is 19.7 Å². The van der Waals surface area contributed by atoms with Gasteiger partial charge in [0.05, 0.1) is 28.8 Å². The first kappa shape index (κ1) is 18.4. The molecule has 7 heteroatoms. The fourth-order valence-electron chi connectivity index (χ4n) is 4.25. The van der Waals surface area contributed by atoms with Crippen LogP contribution in [0.1, 0.15) is 38.4 Å². The van der Waals surface area contributed by atoms with Crippen molar-refractivity contribution in [3.63, 3.8) is 0 Å². The Kier molecular flexibility index (Phi) is 4.70. The van der Waals surface area contributed by atoms with Gasteiger partial charge in [-0.3, -0.25) is 4.79 Å². The van der Waals surface area contributed by atoms with Crippen molar-refractivity contribution in [2.24, 2.45) is 0 Å². The first-order valence-corrected chi connectivity index (χ1v) is 9.63. The van der Waals surface area contributed by atoms with Gasteiger partial charge in [-0.05, 0) is 31.9 Å². The van der Waals surface area contributed by atoms with Crippen LogP contribution in [0.25, 0.3) is 11.0 Å². The van der Waals surface area contributed by atoms with Crippen LogP contribution in [0.15, 0.2) is 24.3 Å². The molecule has 1 amide bonds. The molecule has 146 valence electrons. The third kappa shape index (κ3) is 3.72. The van der Waals surface area contributed by atoms with Gasteiger partial charge < -0.3 is 24.8 Å². The molecule has 3 heterocycles. The zero-order chi connectivity index (χ0) is 19.1. The van der Waals surface area contributed by atoms with Crippen LogP contribution in [0.4, 0.5) is 0 Å². The summed E-state index contributed by atoms with van der Waals surface area (Å²) in [6, 6.07) is 7.85. The molecule has 0 aliphatic carbocycles. The van der Waals surface area contributed by atoms with E-state index in [0.717, 1.165) is 16.9 Å². The van der Waals surface area contributed by atoms with E-state index >= 15 is 0 Å². The molecule has 4 rings (SSSR count). The van der Waals surface area contributed by atoms with Crippen molar-refractivity contribution in [2.45, 2.75) is 56.3 Å². The Morgan fingerprint density at radius 3 is 2.81 bits per heavy atom. The smallest absolute Gasteiger partial charge is 0.223 e. The summed E-state index contributed by atoms with van der Waals surface area (Å²) in [6.45, 7) is 3.04. The number of aryl methyl sites for hydroxylation is 1. The number of rotatable bonds is 3. The summed E-state index contributed by atoms with van der Waals surface area (Å²) in [5.74, 6) is 0.951. The summed E-state index contributed by atoms with van der Waals surface area (Å²) >= 11 is 0. The van der Waals surface area contributed by atoms with Crippen LogP contribution < -0.4 is 0 Å². The number of H-pyrrole nitrogens is 1. The molecule has 1 aromatic carbocycles. The lowest BCUT2D eigenvalue weighted by atomic mass is 9.76. The zero-order valence-corrected chi connectivity index (χ0v) is 15.6. The molecule has 0 bridgehead atoms. The second-order valence-corrected chi connectivity index (χ2v) is 8.13. The normalized spacial score (nSPS) is 28.0. The Labute approximate surface area is 158 Å². The lowest BCUT2D eigenvalue weighted by molar-refractivity contribution is -0.222. The maximum absolute atomic E-state index is 12.6. The molecular formula is C20H27N3O4. The molecule has 2 atom stereocenters. The minimum Gasteiger partial charge on any atom is -0.388 e. The standard InChI is InChI=1S/C20H27N3O4/c1-19(26)13-20(27-12-16(19)24)8-10-23(11-9-20)18(25)7-6-17-21-14-4-2-3-5-15(14)22-17/h2-5,16,24,26H,6-13H2,1H3,(H,21,22)/t16-,19-/m0/s1. The molecule has 0 unspecified atom stereocenters. The molecule has 2 aliphatic heterocycles. The second-order valence-electron chi connectivity index (χ2n) is 8.13. The SMILES string of the molecule is C[C@]1(O)CC2(CCN(C(=O)CCc3nc4ccccc4[nH]3)CC2)OC[C@@H]1O. The number of nitrogens with zero attached hydrogens (tertiary/aromatic N) is 2. The number of aliphatic hydroxyl groups is 2. The molecule has 7 nitrogen and oxygen atoms in total. The summed E-state index contributed by atoms with van der Waals surface area (Å²) < 4.78 is 5.88. The van der Waals surface area contributed by atoms with Gasteiger partial charge in [-0.15, -0.1) is 0 Å². The lowest BCUT2D eigenvalue weighted by Crippen LogP contribution is -2.59. The van der Waals surface area contributed by atoms with Crippen molar-refractivity contribution in [3.8, 4) is 0 Å². The molecule has 0 radical (unpaired) electrons. The van der Waals surface area contributed by atoms with Crippen molar-refractivity contribution >= 4 is 16.9 Å². The first-order chi connectivity index (χ1) is 12.9. The zero-order valence-electron chi connectivity index (χ0n) is 15.6. The molecule has 2 fully saturated rings. The minimum atomic E-state index is -1.13. The van der Waals surface area contributed by atoms with E-state index in [-0.39, 0.29) is 12.5 Å². The van der Waals surface area contributed by atoms with Crippen molar-refractivity contribution in [3.05, 3.63) is 30.1 Å². The minimum absolute atomic E-state index is 0.118. The van der Waals surface area contributed by atoms with Gasteiger partial charge in [0.25, 0.3) is 0 Å². The largest absolute Gasteiger partial charge is 0.388 e. The summed E-state index contributed by atoms with van der Waals surface area (Å²) in [7, 11) is 0. The summed E-state index contributed by atoms with van der Waals surface area (Å²) in [5.41, 5.74) is 0.344. The summed E-state index contributed by atoms with van der Waals surface area (Å²) in [5, 5.41) is 20.3. The van der Waals surface area contributed by atoms with Gasteiger partial charge in [0.1, 0.15) is 11.9 Å². The van der Waals surface area contributed by atoms with Crippen LogP contribution in [-0.4, -0.2) is 68.0 Å². The molecule has 2 aromatic rings. The van der Waals surface area contributed by atoms with Crippen molar-refractivity contribution in [2.75, 3.05) is 19.7 Å². The van der Waals surface area contributed by atoms with E-state index in [2.05, 4.69) is 9.97 Å². The highest BCUT2D eigenvalue weighted by atomic mass is 16.5. The fourth-order valence-corrected chi connectivity index (χ4v) is 4.25. The number of benzene rings is 1. The quantitative estimate of drug-likeness (QED) is 0.755. The average molecular weight is 373 g/mol. The third-order valence-electron chi connectivity index (χ3n) is 5.99. The van der Waals surface area contributed by atoms with Gasteiger partial charge in [-0.25, -0.2) is 4.98 Å². The van der Waals surface area contributed by atoms with E-state index in [9.17, 15) is 15.0 Å². The third-order valence-corrected chi connectivity index (χ3v) is 5.99. The van der Waals surface area contributed by atoms with Gasteiger partial charge in [0.2, 0.25) is 5.91 Å². The van der Waals surface area contributed by atoms with E-state index in [1.165, 1.54) is 0 Å².